The van der Waals surface area contributed by atoms with Crippen molar-refractivity contribution >= 4 is 23.2 Å². The van der Waals surface area contributed by atoms with E-state index >= 15 is 0 Å². The lowest BCUT2D eigenvalue weighted by Crippen LogP contribution is -2.39. The molecule has 3 aromatic carbocycles. The van der Waals surface area contributed by atoms with E-state index < -0.39 is 0 Å². The lowest BCUT2D eigenvalue weighted by atomic mass is 10.1. The largest absolute Gasteiger partial charge is 0.496 e. The molecule has 4 rings (SSSR count). The summed E-state index contributed by atoms with van der Waals surface area (Å²) in [7, 11) is 2.99. The van der Waals surface area contributed by atoms with E-state index in [-0.39, 0.29) is 24.0 Å². The molecule has 1 aliphatic heterocycles. The van der Waals surface area contributed by atoms with Gasteiger partial charge < -0.3 is 29.2 Å². The first-order valence-corrected chi connectivity index (χ1v) is 10.9. The van der Waals surface area contributed by atoms with Crippen LogP contribution in [0.4, 0.5) is 11.4 Å². The topological polar surface area (TPSA) is 86.3 Å². The summed E-state index contributed by atoms with van der Waals surface area (Å²) in [4.78, 5) is 27.3. The van der Waals surface area contributed by atoms with Gasteiger partial charge in [0.15, 0.2) is 6.61 Å². The monoisotopic (exact) mass is 462 g/mol. The number of para-hydroxylation sites is 1. The molecule has 2 amide bonds. The van der Waals surface area contributed by atoms with Gasteiger partial charge in [-0.1, -0.05) is 24.3 Å². The molecule has 0 radical (unpaired) electrons. The molecule has 8 nitrogen and oxygen atoms in total. The molecule has 0 unspecified atom stereocenters. The van der Waals surface area contributed by atoms with E-state index in [1.165, 1.54) is 14.2 Å². The summed E-state index contributed by atoms with van der Waals surface area (Å²) < 4.78 is 22.0. The summed E-state index contributed by atoms with van der Waals surface area (Å²) in [6.07, 6.45) is 0.634. The Kier molecular flexibility index (Phi) is 7.17. The molecule has 3 aromatic rings. The Bertz CT molecular complexity index is 1140. The molecule has 176 valence electrons. The SMILES string of the molecule is COc1cccc(OC)c1C(=O)Nc1ccc2c(c1)N(CCCOc1ccccc1)C(=O)CO2. The predicted molar refractivity (Wildman–Crippen MR) is 128 cm³/mol. The third-order valence-corrected chi connectivity index (χ3v) is 5.35. The van der Waals surface area contributed by atoms with Crippen molar-refractivity contribution in [1.82, 2.24) is 0 Å². The van der Waals surface area contributed by atoms with Gasteiger partial charge in [0.25, 0.3) is 11.8 Å². The predicted octanol–water partition coefficient (Wildman–Crippen LogP) is 4.15. The van der Waals surface area contributed by atoms with Crippen LogP contribution in [0.1, 0.15) is 16.8 Å². The van der Waals surface area contributed by atoms with Crippen LogP contribution < -0.4 is 29.2 Å². The maximum atomic E-state index is 13.0. The number of fused-ring (bicyclic) bond motifs is 1. The van der Waals surface area contributed by atoms with Crippen LogP contribution in [0.3, 0.4) is 0 Å². The van der Waals surface area contributed by atoms with Crippen molar-refractivity contribution in [2.45, 2.75) is 6.42 Å². The van der Waals surface area contributed by atoms with Gasteiger partial charge in [0.2, 0.25) is 0 Å². The van der Waals surface area contributed by atoms with Crippen LogP contribution in [0.25, 0.3) is 0 Å². The molecule has 8 heteroatoms. The molecule has 0 saturated carbocycles. The number of hydrogen-bond acceptors (Lipinski definition) is 6. The van der Waals surface area contributed by atoms with Crippen molar-refractivity contribution in [3.05, 3.63) is 72.3 Å². The highest BCUT2D eigenvalue weighted by Gasteiger charge is 2.26. The third kappa shape index (κ3) is 5.06. The zero-order chi connectivity index (χ0) is 23.9. The Morgan fingerprint density at radius 2 is 1.74 bits per heavy atom. The van der Waals surface area contributed by atoms with Crippen LogP contribution in [-0.2, 0) is 4.79 Å². The highest BCUT2D eigenvalue weighted by molar-refractivity contribution is 6.09. The molecule has 0 bridgehead atoms. The van der Waals surface area contributed by atoms with Gasteiger partial charge in [0.05, 0.1) is 26.5 Å². The normalized spacial score (nSPS) is 12.4. The zero-order valence-electron chi connectivity index (χ0n) is 19.1. The smallest absolute Gasteiger partial charge is 0.265 e. The van der Waals surface area contributed by atoms with E-state index in [0.717, 1.165) is 5.75 Å². The average Bonchev–Trinajstić information content (AvgIpc) is 2.87. The van der Waals surface area contributed by atoms with E-state index in [2.05, 4.69) is 5.32 Å². The van der Waals surface area contributed by atoms with Crippen LogP contribution in [0.5, 0.6) is 23.0 Å². The van der Waals surface area contributed by atoms with Crippen LogP contribution in [0, 0.1) is 0 Å². The van der Waals surface area contributed by atoms with E-state index in [1.807, 2.05) is 30.3 Å². The summed E-state index contributed by atoms with van der Waals surface area (Å²) in [5.41, 5.74) is 1.40. The number of hydrogen-bond donors (Lipinski definition) is 1. The second-order valence-corrected chi connectivity index (χ2v) is 7.52. The number of anilines is 2. The number of nitrogens with zero attached hydrogens (tertiary/aromatic N) is 1. The van der Waals surface area contributed by atoms with E-state index in [4.69, 9.17) is 18.9 Å². The van der Waals surface area contributed by atoms with Crippen molar-refractivity contribution in [2.24, 2.45) is 0 Å². The Balaban J connectivity index is 1.48. The Hall–Kier alpha value is -4.20. The van der Waals surface area contributed by atoms with Gasteiger partial charge >= 0.3 is 0 Å². The number of carbonyl (C=O) groups is 2. The van der Waals surface area contributed by atoms with Gasteiger partial charge in [-0.25, -0.2) is 0 Å². The molecule has 34 heavy (non-hydrogen) atoms. The number of methoxy groups -OCH3 is 2. The second-order valence-electron chi connectivity index (χ2n) is 7.52. The molecule has 1 aliphatic rings. The van der Waals surface area contributed by atoms with Gasteiger partial charge in [-0.2, -0.15) is 0 Å². The number of benzene rings is 3. The van der Waals surface area contributed by atoms with Crippen molar-refractivity contribution < 1.29 is 28.5 Å². The highest BCUT2D eigenvalue weighted by atomic mass is 16.5. The standard InChI is InChI=1S/C26H26N2O6/c1-31-22-10-6-11-23(32-2)25(22)26(30)27-18-12-13-21-20(16-18)28(24(29)17-34-21)14-7-15-33-19-8-4-3-5-9-19/h3-6,8-13,16H,7,14-15,17H2,1-2H3,(H,27,30). The highest BCUT2D eigenvalue weighted by Crippen LogP contribution is 2.35. The number of ether oxygens (including phenoxy) is 4. The Labute approximate surface area is 198 Å². The van der Waals surface area contributed by atoms with Gasteiger partial charge in [-0.15, -0.1) is 0 Å². The zero-order valence-corrected chi connectivity index (χ0v) is 19.1. The fourth-order valence-electron chi connectivity index (χ4n) is 3.72. The van der Waals surface area contributed by atoms with Crippen molar-refractivity contribution in [3.8, 4) is 23.0 Å². The third-order valence-electron chi connectivity index (χ3n) is 5.35. The fourth-order valence-corrected chi connectivity index (χ4v) is 3.72. The van der Waals surface area contributed by atoms with Gasteiger partial charge in [-0.3, -0.25) is 9.59 Å². The van der Waals surface area contributed by atoms with E-state index in [0.29, 0.717) is 48.2 Å². The summed E-state index contributed by atoms with van der Waals surface area (Å²) in [6.45, 7) is 0.893. The van der Waals surface area contributed by atoms with Crippen molar-refractivity contribution in [2.75, 3.05) is 44.2 Å². The fraction of sp³-hybridized carbons (Fsp3) is 0.231. The minimum Gasteiger partial charge on any atom is -0.496 e. The molecule has 1 heterocycles. The minimum atomic E-state index is -0.389. The average molecular weight is 463 g/mol. The first kappa shape index (κ1) is 23.0. The van der Waals surface area contributed by atoms with Crippen LogP contribution in [-0.4, -0.2) is 45.8 Å². The molecular weight excluding hydrogens is 436 g/mol. The lowest BCUT2D eigenvalue weighted by Gasteiger charge is -2.30. The van der Waals surface area contributed by atoms with Crippen LogP contribution >= 0.6 is 0 Å². The molecule has 0 spiro atoms. The lowest BCUT2D eigenvalue weighted by molar-refractivity contribution is -0.121. The van der Waals surface area contributed by atoms with Gasteiger partial charge in [0.1, 0.15) is 28.6 Å². The number of nitrogens with one attached hydrogen (secondary N) is 1. The molecule has 0 saturated heterocycles. The Morgan fingerprint density at radius 1 is 1.00 bits per heavy atom. The Morgan fingerprint density at radius 3 is 2.44 bits per heavy atom. The van der Waals surface area contributed by atoms with Gasteiger partial charge in [-0.05, 0) is 48.9 Å². The molecular formula is C26H26N2O6. The second kappa shape index (κ2) is 10.6. The summed E-state index contributed by atoms with van der Waals surface area (Å²) in [6, 6.07) is 19.8. The summed E-state index contributed by atoms with van der Waals surface area (Å²) in [5.74, 6) is 1.62. The van der Waals surface area contributed by atoms with Crippen LogP contribution in [0.15, 0.2) is 66.7 Å². The quantitative estimate of drug-likeness (QED) is 0.481. The minimum absolute atomic E-state index is 0.0311. The van der Waals surface area contributed by atoms with E-state index in [9.17, 15) is 9.59 Å². The van der Waals surface area contributed by atoms with Crippen molar-refractivity contribution in [3.63, 3.8) is 0 Å². The number of rotatable bonds is 9. The molecule has 0 atom stereocenters. The number of amides is 2. The maximum absolute atomic E-state index is 13.0. The number of carbonyl (C=O) groups excluding carboxylic acids is 2. The van der Waals surface area contributed by atoms with Crippen molar-refractivity contribution in [1.29, 1.82) is 0 Å². The first-order valence-electron chi connectivity index (χ1n) is 10.9. The maximum Gasteiger partial charge on any atom is 0.265 e. The summed E-state index contributed by atoms with van der Waals surface area (Å²) >= 11 is 0. The molecule has 0 aromatic heterocycles. The molecule has 1 N–H and O–H groups in total. The van der Waals surface area contributed by atoms with E-state index in [1.54, 1.807) is 41.3 Å². The van der Waals surface area contributed by atoms with Gasteiger partial charge in [0, 0.05) is 12.2 Å². The molecule has 0 fully saturated rings. The van der Waals surface area contributed by atoms with Crippen LogP contribution in [0.2, 0.25) is 0 Å². The molecule has 0 aliphatic carbocycles. The summed E-state index contributed by atoms with van der Waals surface area (Å²) in [5, 5.41) is 2.86. The first-order chi connectivity index (χ1) is 16.6.